The van der Waals surface area contributed by atoms with Crippen molar-refractivity contribution in [3.8, 4) is 0 Å². The van der Waals surface area contributed by atoms with E-state index in [1.165, 1.54) is 0 Å². The topological polar surface area (TPSA) is 70.7 Å². The molecule has 1 amide bonds. The van der Waals surface area contributed by atoms with E-state index in [4.69, 9.17) is 5.73 Å². The number of benzene rings is 1. The smallest absolute Gasteiger partial charge is 0.254 e. The molecule has 0 fully saturated rings. The van der Waals surface area contributed by atoms with Gasteiger partial charge in [0.1, 0.15) is 0 Å². The molecule has 1 aromatic carbocycles. The lowest BCUT2D eigenvalue weighted by atomic mass is 9.99. The summed E-state index contributed by atoms with van der Waals surface area (Å²) in [6, 6.07) is 7.82. The van der Waals surface area contributed by atoms with Crippen molar-refractivity contribution in [1.29, 1.82) is 0 Å². The summed E-state index contributed by atoms with van der Waals surface area (Å²) in [7, 11) is 0. The molecule has 5 nitrogen and oxygen atoms in total. The summed E-state index contributed by atoms with van der Waals surface area (Å²) in [4.78, 5) is 18.5. The quantitative estimate of drug-likeness (QED) is 0.632. The zero-order valence-corrected chi connectivity index (χ0v) is 12.8. The van der Waals surface area contributed by atoms with Crippen molar-refractivity contribution in [2.24, 2.45) is 16.6 Å². The number of rotatable bonds is 5. The molecule has 3 N–H and O–H groups in total. The number of carbonyl (C=O) groups excluding carboxylic acids is 1. The van der Waals surface area contributed by atoms with Crippen LogP contribution in [0.2, 0.25) is 0 Å². The summed E-state index contributed by atoms with van der Waals surface area (Å²) in [5.41, 5.74) is 7.75. The highest BCUT2D eigenvalue weighted by Crippen LogP contribution is 2.17. The van der Waals surface area contributed by atoms with E-state index in [0.29, 0.717) is 25.0 Å². The van der Waals surface area contributed by atoms with Crippen LogP contribution in [0.4, 0.5) is 0 Å². The molecular weight excluding hydrogens is 264 g/mol. The Balaban J connectivity index is 1.83. The molecule has 0 spiro atoms. The van der Waals surface area contributed by atoms with Crippen LogP contribution in [0.1, 0.15) is 29.8 Å². The minimum absolute atomic E-state index is 0.108. The Morgan fingerprint density at radius 1 is 1.43 bits per heavy atom. The molecule has 0 saturated carbocycles. The number of nitrogens with two attached hydrogens (primary N) is 1. The number of nitrogens with one attached hydrogen (secondary N) is 1. The third-order valence-electron chi connectivity index (χ3n) is 3.50. The highest BCUT2D eigenvalue weighted by molar-refractivity contribution is 5.96. The lowest BCUT2D eigenvalue weighted by Gasteiger charge is -2.28. The van der Waals surface area contributed by atoms with Gasteiger partial charge in [-0.3, -0.25) is 9.79 Å². The zero-order valence-electron chi connectivity index (χ0n) is 12.8. The minimum Gasteiger partial charge on any atom is -0.370 e. The minimum atomic E-state index is 0.108. The van der Waals surface area contributed by atoms with Crippen molar-refractivity contribution >= 4 is 11.9 Å². The lowest BCUT2D eigenvalue weighted by Crippen LogP contribution is -2.43. The third kappa shape index (κ3) is 4.21. The Hall–Kier alpha value is -2.04. The van der Waals surface area contributed by atoms with Crippen molar-refractivity contribution in [3.05, 3.63) is 35.4 Å². The third-order valence-corrected chi connectivity index (χ3v) is 3.50. The molecule has 1 aliphatic rings. The Morgan fingerprint density at radius 3 is 2.95 bits per heavy atom. The molecule has 5 heteroatoms. The summed E-state index contributed by atoms with van der Waals surface area (Å²) in [6.45, 7) is 6.95. The van der Waals surface area contributed by atoms with E-state index in [1.54, 1.807) is 0 Å². The molecule has 0 radical (unpaired) electrons. The second-order valence-electron chi connectivity index (χ2n) is 5.75. The van der Waals surface area contributed by atoms with Gasteiger partial charge in [-0.25, -0.2) is 0 Å². The Labute approximate surface area is 126 Å². The first-order chi connectivity index (χ1) is 10.1. The first-order valence-electron chi connectivity index (χ1n) is 7.49. The second-order valence-corrected chi connectivity index (χ2v) is 5.75. The van der Waals surface area contributed by atoms with Crippen LogP contribution in [0, 0.1) is 5.92 Å². The summed E-state index contributed by atoms with van der Waals surface area (Å²) in [5.74, 6) is 1.05. The van der Waals surface area contributed by atoms with E-state index in [-0.39, 0.29) is 5.91 Å². The normalized spacial score (nSPS) is 15.3. The zero-order chi connectivity index (χ0) is 15.2. The molecule has 114 valence electrons. The lowest BCUT2D eigenvalue weighted by molar-refractivity contribution is 0.0743. The van der Waals surface area contributed by atoms with Crippen molar-refractivity contribution < 1.29 is 4.79 Å². The van der Waals surface area contributed by atoms with Gasteiger partial charge >= 0.3 is 0 Å². The standard InChI is InChI=1S/C16H24N4O/c1-12(2)11-19-16(17)18-8-10-20-9-7-13-5-3-4-6-14(13)15(20)21/h3-6,12H,7-11H2,1-2H3,(H3,17,18,19). The maximum Gasteiger partial charge on any atom is 0.254 e. The number of amides is 1. The number of hydrogen-bond acceptors (Lipinski definition) is 2. The monoisotopic (exact) mass is 288 g/mol. The van der Waals surface area contributed by atoms with Crippen molar-refractivity contribution in [2.75, 3.05) is 26.2 Å². The molecule has 0 aromatic heterocycles. The molecule has 1 aromatic rings. The maximum absolute atomic E-state index is 12.3. The van der Waals surface area contributed by atoms with Crippen molar-refractivity contribution in [3.63, 3.8) is 0 Å². The van der Waals surface area contributed by atoms with Gasteiger partial charge in [0, 0.05) is 31.7 Å². The van der Waals surface area contributed by atoms with Crippen LogP contribution in [0.25, 0.3) is 0 Å². The van der Waals surface area contributed by atoms with Gasteiger partial charge < -0.3 is 16.0 Å². The second kappa shape index (κ2) is 7.11. The molecule has 0 saturated heterocycles. The first-order valence-corrected chi connectivity index (χ1v) is 7.49. The van der Waals surface area contributed by atoms with E-state index in [9.17, 15) is 4.79 Å². The molecule has 2 rings (SSSR count). The average molecular weight is 288 g/mol. The van der Waals surface area contributed by atoms with Crippen LogP contribution >= 0.6 is 0 Å². The number of guanidine groups is 1. The summed E-state index contributed by atoms with van der Waals surface area (Å²) >= 11 is 0. The van der Waals surface area contributed by atoms with Crippen molar-refractivity contribution in [1.82, 2.24) is 10.2 Å². The van der Waals surface area contributed by atoms with Gasteiger partial charge in [0.2, 0.25) is 0 Å². The van der Waals surface area contributed by atoms with Crippen molar-refractivity contribution in [2.45, 2.75) is 20.3 Å². The Bertz CT molecular complexity index is 525. The number of nitrogens with zero attached hydrogens (tertiary/aromatic N) is 2. The van der Waals surface area contributed by atoms with Gasteiger partial charge in [-0.05, 0) is 24.0 Å². The van der Waals surface area contributed by atoms with Crippen LogP contribution in [-0.2, 0) is 6.42 Å². The molecular formula is C16H24N4O. The van der Waals surface area contributed by atoms with Crippen LogP contribution in [0.5, 0.6) is 0 Å². The molecule has 21 heavy (non-hydrogen) atoms. The Kier molecular flexibility index (Phi) is 5.20. The number of hydrogen-bond donors (Lipinski definition) is 2. The van der Waals surface area contributed by atoms with Crippen LogP contribution in [0.15, 0.2) is 29.3 Å². The number of carbonyl (C=O) groups is 1. The molecule has 0 atom stereocenters. The average Bonchev–Trinajstić information content (AvgIpc) is 2.48. The van der Waals surface area contributed by atoms with Crippen LogP contribution in [0.3, 0.4) is 0 Å². The van der Waals surface area contributed by atoms with Gasteiger partial charge in [0.15, 0.2) is 5.96 Å². The highest BCUT2D eigenvalue weighted by Gasteiger charge is 2.23. The van der Waals surface area contributed by atoms with E-state index in [1.807, 2.05) is 29.2 Å². The first kappa shape index (κ1) is 15.4. The van der Waals surface area contributed by atoms with Gasteiger partial charge in [-0.1, -0.05) is 32.0 Å². The molecule has 0 bridgehead atoms. The fourth-order valence-corrected chi connectivity index (χ4v) is 2.34. The molecule has 1 heterocycles. The number of aliphatic imine (C=N–C) groups is 1. The van der Waals surface area contributed by atoms with Gasteiger partial charge in [0.25, 0.3) is 5.91 Å². The largest absolute Gasteiger partial charge is 0.370 e. The summed E-state index contributed by atoms with van der Waals surface area (Å²) in [5, 5.41) is 3.06. The molecule has 1 aliphatic heterocycles. The van der Waals surface area contributed by atoms with E-state index < -0.39 is 0 Å². The van der Waals surface area contributed by atoms with Crippen LogP contribution < -0.4 is 11.1 Å². The summed E-state index contributed by atoms with van der Waals surface area (Å²) < 4.78 is 0. The molecule has 0 aliphatic carbocycles. The number of fused-ring (bicyclic) bond motifs is 1. The SMILES string of the molecule is CC(C)CN=C(N)NCCN1CCc2ccccc2C1=O. The molecule has 0 unspecified atom stereocenters. The summed E-state index contributed by atoms with van der Waals surface area (Å²) in [6.07, 6.45) is 0.916. The predicted molar refractivity (Wildman–Crippen MR) is 85.4 cm³/mol. The van der Waals surface area contributed by atoms with Gasteiger partial charge in [-0.15, -0.1) is 0 Å². The fourth-order valence-electron chi connectivity index (χ4n) is 2.34. The maximum atomic E-state index is 12.3. The van der Waals surface area contributed by atoms with Gasteiger partial charge in [-0.2, -0.15) is 0 Å². The van der Waals surface area contributed by atoms with E-state index in [2.05, 4.69) is 24.2 Å². The predicted octanol–water partition coefficient (Wildman–Crippen LogP) is 1.25. The highest BCUT2D eigenvalue weighted by atomic mass is 16.2. The van der Waals surface area contributed by atoms with Crippen LogP contribution in [-0.4, -0.2) is 42.9 Å². The Morgan fingerprint density at radius 2 is 2.19 bits per heavy atom. The fraction of sp³-hybridized carbons (Fsp3) is 0.500. The van der Waals surface area contributed by atoms with E-state index >= 15 is 0 Å². The van der Waals surface area contributed by atoms with E-state index in [0.717, 1.165) is 30.6 Å². The van der Waals surface area contributed by atoms with Gasteiger partial charge in [0.05, 0.1) is 0 Å².